The number of likely N-dealkylation sites (tertiary alicyclic amines) is 1. The Kier molecular flexibility index (Phi) is 6.56. The fourth-order valence-corrected chi connectivity index (χ4v) is 3.19. The molecule has 1 aliphatic rings. The Hall–Kier alpha value is -3.26. The van der Waals surface area contributed by atoms with Crippen molar-refractivity contribution in [3.8, 4) is 0 Å². The molecule has 152 valence electrons. The van der Waals surface area contributed by atoms with Gasteiger partial charge in [0.05, 0.1) is 24.7 Å². The van der Waals surface area contributed by atoms with Gasteiger partial charge in [0.2, 0.25) is 17.7 Å². The molecule has 1 unspecified atom stereocenters. The van der Waals surface area contributed by atoms with E-state index in [1.54, 1.807) is 40.3 Å². The van der Waals surface area contributed by atoms with Crippen LogP contribution < -0.4 is 10.6 Å². The number of rotatable bonds is 7. The van der Waals surface area contributed by atoms with Crippen LogP contribution in [0.5, 0.6) is 0 Å². The molecular formula is C21H25N5O3. The summed E-state index contributed by atoms with van der Waals surface area (Å²) in [6, 6.07) is 12.5. The molecule has 3 amide bonds. The first-order chi connectivity index (χ1) is 13.9. The van der Waals surface area contributed by atoms with Crippen LogP contribution in [0.4, 0.5) is 11.4 Å². The molecule has 2 aromatic rings. The Labute approximate surface area is 169 Å². The van der Waals surface area contributed by atoms with Gasteiger partial charge in [-0.2, -0.15) is 0 Å². The summed E-state index contributed by atoms with van der Waals surface area (Å²) < 4.78 is 0. The molecule has 8 heteroatoms. The van der Waals surface area contributed by atoms with E-state index < -0.39 is 5.92 Å². The van der Waals surface area contributed by atoms with Gasteiger partial charge in [0.1, 0.15) is 0 Å². The van der Waals surface area contributed by atoms with Gasteiger partial charge in [-0.15, -0.1) is 0 Å². The van der Waals surface area contributed by atoms with Crippen molar-refractivity contribution in [2.24, 2.45) is 5.92 Å². The Bertz CT molecular complexity index is 885. The molecule has 29 heavy (non-hydrogen) atoms. The highest BCUT2D eigenvalue weighted by atomic mass is 16.2. The van der Waals surface area contributed by atoms with Crippen molar-refractivity contribution in [1.29, 1.82) is 0 Å². The number of aromatic nitrogens is 1. The van der Waals surface area contributed by atoms with E-state index in [9.17, 15) is 14.4 Å². The summed E-state index contributed by atoms with van der Waals surface area (Å²) in [4.78, 5) is 44.5. The summed E-state index contributed by atoms with van der Waals surface area (Å²) >= 11 is 0. The highest BCUT2D eigenvalue weighted by molar-refractivity contribution is 5.98. The van der Waals surface area contributed by atoms with E-state index in [2.05, 4.69) is 15.6 Å². The van der Waals surface area contributed by atoms with Crippen molar-refractivity contribution in [1.82, 2.24) is 14.8 Å². The van der Waals surface area contributed by atoms with Crippen LogP contribution in [-0.2, 0) is 20.9 Å². The fraction of sp³-hybridized carbons (Fsp3) is 0.333. The third kappa shape index (κ3) is 5.86. The quantitative estimate of drug-likeness (QED) is 0.742. The second-order valence-electron chi connectivity index (χ2n) is 7.35. The lowest BCUT2D eigenvalue weighted by Gasteiger charge is -2.16. The van der Waals surface area contributed by atoms with E-state index in [0.29, 0.717) is 24.5 Å². The van der Waals surface area contributed by atoms with Gasteiger partial charge < -0.3 is 20.4 Å². The van der Waals surface area contributed by atoms with E-state index in [0.717, 1.165) is 5.69 Å². The van der Waals surface area contributed by atoms with E-state index in [1.165, 1.54) is 0 Å². The minimum atomic E-state index is -0.418. The predicted molar refractivity (Wildman–Crippen MR) is 110 cm³/mol. The van der Waals surface area contributed by atoms with Crippen LogP contribution in [0, 0.1) is 5.92 Å². The number of nitrogens with zero attached hydrogens (tertiary/aromatic N) is 3. The SMILES string of the molecule is CN(C)CC(=O)Nc1cccc(NC(=O)C2CC(=O)N(Cc3ccccn3)C2)c1. The van der Waals surface area contributed by atoms with Crippen LogP contribution in [0.2, 0.25) is 0 Å². The van der Waals surface area contributed by atoms with Gasteiger partial charge >= 0.3 is 0 Å². The van der Waals surface area contributed by atoms with Crippen LogP contribution in [0.15, 0.2) is 48.7 Å². The zero-order valence-corrected chi connectivity index (χ0v) is 16.6. The van der Waals surface area contributed by atoms with Gasteiger partial charge in [-0.1, -0.05) is 12.1 Å². The molecule has 0 bridgehead atoms. The van der Waals surface area contributed by atoms with Crippen molar-refractivity contribution in [3.05, 3.63) is 54.4 Å². The lowest BCUT2D eigenvalue weighted by Crippen LogP contribution is -2.28. The minimum absolute atomic E-state index is 0.0551. The molecule has 2 heterocycles. The first-order valence-electron chi connectivity index (χ1n) is 9.44. The highest BCUT2D eigenvalue weighted by Crippen LogP contribution is 2.22. The van der Waals surface area contributed by atoms with Crippen LogP contribution in [0.1, 0.15) is 12.1 Å². The summed E-state index contributed by atoms with van der Waals surface area (Å²) in [5.41, 5.74) is 1.98. The van der Waals surface area contributed by atoms with Gasteiger partial charge in [-0.3, -0.25) is 19.4 Å². The largest absolute Gasteiger partial charge is 0.336 e. The van der Waals surface area contributed by atoms with Gasteiger partial charge in [0.25, 0.3) is 0 Å². The second kappa shape index (κ2) is 9.29. The molecular weight excluding hydrogens is 370 g/mol. The summed E-state index contributed by atoms with van der Waals surface area (Å²) in [6.07, 6.45) is 1.86. The van der Waals surface area contributed by atoms with Crippen LogP contribution in [-0.4, -0.2) is 59.7 Å². The first-order valence-corrected chi connectivity index (χ1v) is 9.44. The number of amides is 3. The molecule has 1 aromatic heterocycles. The summed E-state index contributed by atoms with van der Waals surface area (Å²) in [7, 11) is 3.63. The maximum atomic E-state index is 12.6. The molecule has 2 N–H and O–H groups in total. The van der Waals surface area contributed by atoms with Crippen molar-refractivity contribution in [2.45, 2.75) is 13.0 Å². The monoisotopic (exact) mass is 395 g/mol. The number of carbonyl (C=O) groups excluding carboxylic acids is 3. The lowest BCUT2D eigenvalue weighted by molar-refractivity contribution is -0.128. The molecule has 0 aliphatic carbocycles. The van der Waals surface area contributed by atoms with Crippen LogP contribution in [0.3, 0.4) is 0 Å². The molecule has 0 saturated carbocycles. The number of likely N-dealkylation sites (N-methyl/N-ethyl adjacent to an activating group) is 1. The van der Waals surface area contributed by atoms with Crippen LogP contribution in [0.25, 0.3) is 0 Å². The second-order valence-corrected chi connectivity index (χ2v) is 7.35. The Morgan fingerprint density at radius 1 is 1.14 bits per heavy atom. The topological polar surface area (TPSA) is 94.6 Å². The standard InChI is InChI=1S/C21H25N5O3/c1-25(2)14-19(27)23-16-7-5-8-17(11-16)24-21(29)15-10-20(28)26(12-15)13-18-6-3-4-9-22-18/h3-9,11,15H,10,12-14H2,1-2H3,(H,23,27)(H,24,29). The molecule has 1 aromatic carbocycles. The molecule has 1 aliphatic heterocycles. The molecule has 1 fully saturated rings. The normalized spacial score (nSPS) is 16.2. The summed E-state index contributed by atoms with van der Waals surface area (Å²) in [5, 5.41) is 5.64. The van der Waals surface area contributed by atoms with E-state index in [4.69, 9.17) is 0 Å². The molecule has 8 nitrogen and oxygen atoms in total. The van der Waals surface area contributed by atoms with Gasteiger partial charge in [-0.05, 0) is 44.4 Å². The molecule has 1 atom stereocenters. The van der Waals surface area contributed by atoms with Gasteiger partial charge in [0, 0.05) is 30.5 Å². The number of benzene rings is 1. The summed E-state index contributed by atoms with van der Waals surface area (Å²) in [6.45, 7) is 1.03. The summed E-state index contributed by atoms with van der Waals surface area (Å²) in [5.74, 6) is -0.817. The third-order valence-corrected chi connectivity index (χ3v) is 4.54. The minimum Gasteiger partial charge on any atom is -0.336 e. The van der Waals surface area contributed by atoms with Crippen molar-refractivity contribution in [3.63, 3.8) is 0 Å². The van der Waals surface area contributed by atoms with Gasteiger partial charge in [-0.25, -0.2) is 0 Å². The average molecular weight is 395 g/mol. The number of pyridine rings is 1. The zero-order chi connectivity index (χ0) is 20.8. The number of nitrogens with one attached hydrogen (secondary N) is 2. The maximum absolute atomic E-state index is 12.6. The average Bonchev–Trinajstić information content (AvgIpc) is 3.03. The fourth-order valence-electron chi connectivity index (χ4n) is 3.19. The van der Waals surface area contributed by atoms with E-state index >= 15 is 0 Å². The molecule has 3 rings (SSSR count). The number of anilines is 2. The van der Waals surface area contributed by atoms with Crippen molar-refractivity contribution >= 4 is 29.1 Å². The molecule has 0 spiro atoms. The lowest BCUT2D eigenvalue weighted by atomic mass is 10.1. The Balaban J connectivity index is 1.57. The molecule has 0 radical (unpaired) electrons. The van der Waals surface area contributed by atoms with E-state index in [-0.39, 0.29) is 30.7 Å². The van der Waals surface area contributed by atoms with Crippen LogP contribution >= 0.6 is 0 Å². The predicted octanol–water partition coefficient (Wildman–Crippen LogP) is 1.57. The number of carbonyl (C=O) groups is 3. The van der Waals surface area contributed by atoms with Gasteiger partial charge in [0.15, 0.2) is 0 Å². The van der Waals surface area contributed by atoms with E-state index in [1.807, 2.05) is 32.3 Å². The smallest absolute Gasteiger partial charge is 0.238 e. The first kappa shape index (κ1) is 20.5. The zero-order valence-electron chi connectivity index (χ0n) is 16.6. The molecule has 1 saturated heterocycles. The van der Waals surface area contributed by atoms with Crippen molar-refractivity contribution < 1.29 is 14.4 Å². The number of hydrogen-bond donors (Lipinski definition) is 2. The highest BCUT2D eigenvalue weighted by Gasteiger charge is 2.34. The Morgan fingerprint density at radius 2 is 1.90 bits per heavy atom. The Morgan fingerprint density at radius 3 is 2.59 bits per heavy atom. The maximum Gasteiger partial charge on any atom is 0.238 e. The van der Waals surface area contributed by atoms with Crippen molar-refractivity contribution in [2.75, 3.05) is 37.8 Å². The third-order valence-electron chi connectivity index (χ3n) is 4.54. The number of hydrogen-bond acceptors (Lipinski definition) is 5.